The molecule has 1 aromatic carbocycles. The molecule has 0 atom stereocenters. The highest BCUT2D eigenvalue weighted by Gasteiger charge is 2.05. The molecule has 0 spiro atoms. The molecule has 1 N–H and O–H groups in total. The Balaban J connectivity index is 2.16. The fourth-order valence-electron chi connectivity index (χ4n) is 1.53. The van der Waals surface area contributed by atoms with Gasteiger partial charge in [0.2, 0.25) is 0 Å². The maximum Gasteiger partial charge on any atom is 0.307 e. The molecule has 1 heterocycles. The molecule has 0 radical (unpaired) electrons. The normalized spacial score (nSPS) is 9.63. The zero-order chi connectivity index (χ0) is 13.7. The monoisotopic (exact) mass is 254 g/mol. The second-order valence-corrected chi connectivity index (χ2v) is 3.78. The van der Waals surface area contributed by atoms with Crippen LogP contribution in [0.5, 0.6) is 11.5 Å². The zero-order valence-electron chi connectivity index (χ0n) is 9.91. The second kappa shape index (κ2) is 5.65. The van der Waals surface area contributed by atoms with Gasteiger partial charge in [0.1, 0.15) is 11.8 Å². The molecule has 0 saturated carbocycles. The number of aliphatic carboxylic acids is 1. The number of hydrogen-bond donors (Lipinski definition) is 1. The topological polar surface area (TPSA) is 83.2 Å². The third kappa shape index (κ3) is 3.30. The Hall–Kier alpha value is -2.87. The van der Waals surface area contributed by atoms with Crippen LogP contribution in [-0.2, 0) is 11.2 Å². The van der Waals surface area contributed by atoms with E-state index in [2.05, 4.69) is 4.98 Å². The molecule has 0 bridgehead atoms. The van der Waals surface area contributed by atoms with Crippen molar-refractivity contribution in [3.63, 3.8) is 0 Å². The van der Waals surface area contributed by atoms with E-state index < -0.39 is 5.97 Å². The summed E-state index contributed by atoms with van der Waals surface area (Å²) in [4.78, 5) is 14.4. The number of carboxylic acid groups (broad SMARTS) is 1. The lowest BCUT2D eigenvalue weighted by atomic mass is 10.1. The predicted octanol–water partition coefficient (Wildman–Crippen LogP) is 2.37. The molecule has 0 aliphatic heterocycles. The van der Waals surface area contributed by atoms with Gasteiger partial charge in [-0.2, -0.15) is 5.26 Å². The van der Waals surface area contributed by atoms with E-state index >= 15 is 0 Å². The Morgan fingerprint density at radius 1 is 1.32 bits per heavy atom. The van der Waals surface area contributed by atoms with E-state index in [0.717, 1.165) is 0 Å². The van der Waals surface area contributed by atoms with Crippen LogP contribution in [0.2, 0.25) is 0 Å². The Morgan fingerprint density at radius 2 is 2.05 bits per heavy atom. The largest absolute Gasteiger partial charge is 0.481 e. The number of carboxylic acids is 1. The third-order valence-corrected chi connectivity index (χ3v) is 2.38. The van der Waals surface area contributed by atoms with Crippen LogP contribution in [0.25, 0.3) is 0 Å². The molecule has 5 nitrogen and oxygen atoms in total. The van der Waals surface area contributed by atoms with E-state index in [1.165, 1.54) is 6.20 Å². The summed E-state index contributed by atoms with van der Waals surface area (Å²) in [7, 11) is 0. The molecule has 1 aromatic heterocycles. The summed E-state index contributed by atoms with van der Waals surface area (Å²) in [5.74, 6) is 0.0160. The van der Waals surface area contributed by atoms with Crippen molar-refractivity contribution < 1.29 is 14.6 Å². The highest BCUT2D eigenvalue weighted by atomic mass is 16.5. The highest BCUT2D eigenvalue weighted by Crippen LogP contribution is 2.23. The molecule has 0 fully saturated rings. The van der Waals surface area contributed by atoms with Crippen LogP contribution in [0.15, 0.2) is 42.6 Å². The molecule has 0 amide bonds. The zero-order valence-corrected chi connectivity index (χ0v) is 9.91. The number of benzene rings is 1. The number of hydrogen-bond acceptors (Lipinski definition) is 4. The number of carbonyl (C=O) groups is 1. The van der Waals surface area contributed by atoms with E-state index in [1.807, 2.05) is 6.07 Å². The Labute approximate surface area is 109 Å². The maximum atomic E-state index is 10.6. The van der Waals surface area contributed by atoms with Gasteiger partial charge >= 0.3 is 5.97 Å². The van der Waals surface area contributed by atoms with Crippen LogP contribution in [-0.4, -0.2) is 16.1 Å². The van der Waals surface area contributed by atoms with Gasteiger partial charge in [0.15, 0.2) is 11.4 Å². The minimum absolute atomic E-state index is 0.0311. The average molecular weight is 254 g/mol. The Morgan fingerprint density at radius 3 is 2.68 bits per heavy atom. The molecule has 0 aliphatic carbocycles. The molecular weight excluding hydrogens is 244 g/mol. The SMILES string of the molecule is N#Cc1ncccc1Oc1ccc(CC(=O)O)cc1. The fourth-order valence-corrected chi connectivity index (χ4v) is 1.53. The minimum atomic E-state index is -0.882. The highest BCUT2D eigenvalue weighted by molar-refractivity contribution is 5.70. The molecule has 2 aromatic rings. The summed E-state index contributed by atoms with van der Waals surface area (Å²) in [5, 5.41) is 17.5. The Bertz CT molecular complexity index is 630. The predicted molar refractivity (Wildman–Crippen MR) is 66.8 cm³/mol. The molecular formula is C14H10N2O3. The van der Waals surface area contributed by atoms with Crippen LogP contribution >= 0.6 is 0 Å². The van der Waals surface area contributed by atoms with Crippen molar-refractivity contribution in [1.29, 1.82) is 5.26 Å². The minimum Gasteiger partial charge on any atom is -0.481 e. The first-order valence-corrected chi connectivity index (χ1v) is 5.53. The van der Waals surface area contributed by atoms with Crippen LogP contribution in [0.1, 0.15) is 11.3 Å². The quantitative estimate of drug-likeness (QED) is 0.905. The summed E-state index contributed by atoms with van der Waals surface area (Å²) in [6.45, 7) is 0. The first kappa shape index (κ1) is 12.6. The number of pyridine rings is 1. The van der Waals surface area contributed by atoms with Crippen LogP contribution < -0.4 is 4.74 Å². The van der Waals surface area contributed by atoms with Crippen LogP contribution in [0.3, 0.4) is 0 Å². The van der Waals surface area contributed by atoms with E-state index in [0.29, 0.717) is 17.1 Å². The van der Waals surface area contributed by atoms with Gasteiger partial charge < -0.3 is 9.84 Å². The van der Waals surface area contributed by atoms with Gasteiger partial charge in [0.05, 0.1) is 6.42 Å². The lowest BCUT2D eigenvalue weighted by Crippen LogP contribution is -1.99. The summed E-state index contributed by atoms with van der Waals surface area (Å²) in [6.07, 6.45) is 1.48. The second-order valence-electron chi connectivity index (χ2n) is 3.78. The van der Waals surface area contributed by atoms with Crippen molar-refractivity contribution in [2.24, 2.45) is 0 Å². The standard InChI is InChI=1S/C14H10N2O3/c15-9-12-13(2-1-7-16-12)19-11-5-3-10(4-6-11)8-14(17)18/h1-7H,8H2,(H,17,18). The van der Waals surface area contributed by atoms with Crippen molar-refractivity contribution in [3.8, 4) is 17.6 Å². The van der Waals surface area contributed by atoms with Crippen molar-refractivity contribution in [3.05, 3.63) is 53.9 Å². The molecule has 19 heavy (non-hydrogen) atoms. The van der Waals surface area contributed by atoms with Crippen molar-refractivity contribution in [2.45, 2.75) is 6.42 Å². The molecule has 0 aliphatic rings. The number of aromatic nitrogens is 1. The Kier molecular flexibility index (Phi) is 3.74. The first-order chi connectivity index (χ1) is 9.19. The van der Waals surface area contributed by atoms with E-state index in [9.17, 15) is 4.79 Å². The maximum absolute atomic E-state index is 10.6. The van der Waals surface area contributed by atoms with Crippen molar-refractivity contribution >= 4 is 5.97 Å². The van der Waals surface area contributed by atoms with Gasteiger partial charge in [-0.1, -0.05) is 12.1 Å². The molecule has 94 valence electrons. The van der Waals surface area contributed by atoms with Gasteiger partial charge in [-0.25, -0.2) is 4.98 Å². The fraction of sp³-hybridized carbons (Fsp3) is 0.0714. The number of ether oxygens (including phenoxy) is 1. The molecule has 2 rings (SSSR count). The summed E-state index contributed by atoms with van der Waals surface area (Å²) in [5.41, 5.74) is 0.892. The van der Waals surface area contributed by atoms with E-state index in [-0.39, 0.29) is 12.1 Å². The summed E-state index contributed by atoms with van der Waals surface area (Å²) >= 11 is 0. The summed E-state index contributed by atoms with van der Waals surface area (Å²) in [6, 6.07) is 11.9. The van der Waals surface area contributed by atoms with Gasteiger partial charge in [-0.05, 0) is 29.8 Å². The number of nitriles is 1. The van der Waals surface area contributed by atoms with Crippen molar-refractivity contribution in [2.75, 3.05) is 0 Å². The van der Waals surface area contributed by atoms with E-state index in [1.54, 1.807) is 36.4 Å². The smallest absolute Gasteiger partial charge is 0.307 e. The lowest BCUT2D eigenvalue weighted by Gasteiger charge is -2.06. The molecule has 0 saturated heterocycles. The molecule has 0 unspecified atom stereocenters. The van der Waals surface area contributed by atoms with Gasteiger partial charge in [0.25, 0.3) is 0 Å². The average Bonchev–Trinajstić information content (AvgIpc) is 2.41. The van der Waals surface area contributed by atoms with Gasteiger partial charge in [-0.3, -0.25) is 4.79 Å². The van der Waals surface area contributed by atoms with Crippen LogP contribution in [0, 0.1) is 11.3 Å². The summed E-state index contributed by atoms with van der Waals surface area (Å²) < 4.78 is 5.53. The number of nitrogens with zero attached hydrogens (tertiary/aromatic N) is 2. The van der Waals surface area contributed by atoms with Gasteiger partial charge in [-0.15, -0.1) is 0 Å². The number of rotatable bonds is 4. The van der Waals surface area contributed by atoms with Gasteiger partial charge in [0, 0.05) is 6.20 Å². The molecule has 5 heteroatoms. The first-order valence-electron chi connectivity index (χ1n) is 5.53. The van der Waals surface area contributed by atoms with Crippen molar-refractivity contribution in [1.82, 2.24) is 4.98 Å². The van der Waals surface area contributed by atoms with E-state index in [4.69, 9.17) is 15.1 Å². The third-order valence-electron chi connectivity index (χ3n) is 2.38. The van der Waals surface area contributed by atoms with Crippen LogP contribution in [0.4, 0.5) is 0 Å². The lowest BCUT2D eigenvalue weighted by molar-refractivity contribution is -0.136.